The molecular weight excluding hydrogens is 250 g/mol. The van der Waals surface area contributed by atoms with E-state index in [1.807, 2.05) is 17.6 Å². The molecule has 0 aliphatic rings. The minimum Gasteiger partial charge on any atom is -0.305 e. The van der Waals surface area contributed by atoms with Crippen LogP contribution in [0.25, 0.3) is 10.6 Å². The van der Waals surface area contributed by atoms with Crippen molar-refractivity contribution in [3.05, 3.63) is 35.1 Å². The molecule has 3 aromatic rings. The maximum absolute atomic E-state index is 4.09. The SMILES string of the molecule is c1csc(-c2[nH]ncc2CNCc2nn[nH]n2)c1. The fourth-order valence-electron chi connectivity index (χ4n) is 1.65. The molecule has 0 spiro atoms. The fourth-order valence-corrected chi connectivity index (χ4v) is 2.40. The number of rotatable bonds is 5. The van der Waals surface area contributed by atoms with Crippen molar-refractivity contribution in [1.29, 1.82) is 0 Å². The van der Waals surface area contributed by atoms with Gasteiger partial charge in [0.05, 0.1) is 23.3 Å². The van der Waals surface area contributed by atoms with Crippen molar-refractivity contribution in [3.8, 4) is 10.6 Å². The molecule has 0 atom stereocenters. The lowest BCUT2D eigenvalue weighted by Gasteiger charge is -2.01. The van der Waals surface area contributed by atoms with E-state index >= 15 is 0 Å². The van der Waals surface area contributed by atoms with Gasteiger partial charge in [0, 0.05) is 12.1 Å². The summed E-state index contributed by atoms with van der Waals surface area (Å²) in [6.45, 7) is 1.28. The van der Waals surface area contributed by atoms with E-state index < -0.39 is 0 Å². The summed E-state index contributed by atoms with van der Waals surface area (Å²) in [5, 5.41) is 26.1. The Kier molecular flexibility index (Phi) is 3.11. The monoisotopic (exact) mass is 261 g/mol. The Morgan fingerprint density at radius 1 is 1.33 bits per heavy atom. The van der Waals surface area contributed by atoms with Gasteiger partial charge in [-0.2, -0.15) is 10.3 Å². The highest BCUT2D eigenvalue weighted by Crippen LogP contribution is 2.25. The minimum atomic E-state index is 0.575. The van der Waals surface area contributed by atoms with E-state index in [1.165, 1.54) is 4.88 Å². The van der Waals surface area contributed by atoms with Crippen LogP contribution in [0.2, 0.25) is 0 Å². The van der Waals surface area contributed by atoms with Gasteiger partial charge in [-0.05, 0) is 11.4 Å². The van der Waals surface area contributed by atoms with E-state index in [4.69, 9.17) is 0 Å². The number of aromatic amines is 2. The zero-order valence-corrected chi connectivity index (χ0v) is 10.2. The average molecular weight is 261 g/mol. The zero-order chi connectivity index (χ0) is 12.2. The summed E-state index contributed by atoms with van der Waals surface area (Å²) >= 11 is 1.69. The molecule has 0 aliphatic heterocycles. The Morgan fingerprint density at radius 2 is 2.33 bits per heavy atom. The predicted molar refractivity (Wildman–Crippen MR) is 66.6 cm³/mol. The first kappa shape index (κ1) is 11.1. The van der Waals surface area contributed by atoms with Gasteiger partial charge in [0.25, 0.3) is 0 Å². The molecule has 0 saturated carbocycles. The predicted octanol–water partition coefficient (Wildman–Crippen LogP) is 0.941. The van der Waals surface area contributed by atoms with Crippen LogP contribution in [0.4, 0.5) is 0 Å². The maximum Gasteiger partial charge on any atom is 0.188 e. The highest BCUT2D eigenvalue weighted by molar-refractivity contribution is 7.13. The lowest BCUT2D eigenvalue weighted by molar-refractivity contribution is 0.664. The van der Waals surface area contributed by atoms with Crippen LogP contribution in [-0.4, -0.2) is 30.8 Å². The number of hydrogen-bond donors (Lipinski definition) is 3. The van der Waals surface area contributed by atoms with Crippen LogP contribution < -0.4 is 5.32 Å². The lowest BCUT2D eigenvalue weighted by Crippen LogP contribution is -2.13. The Bertz CT molecular complexity index is 584. The Balaban J connectivity index is 1.65. The van der Waals surface area contributed by atoms with E-state index in [0.717, 1.165) is 11.3 Å². The standard InChI is InChI=1S/C10H11N7S/c1-2-8(18-3-1)10-7(5-12-15-10)4-11-6-9-13-16-17-14-9/h1-3,5,11H,4,6H2,(H,12,15)(H,13,14,16,17). The van der Waals surface area contributed by atoms with Crippen molar-refractivity contribution in [2.24, 2.45) is 0 Å². The Morgan fingerprint density at radius 3 is 3.11 bits per heavy atom. The minimum absolute atomic E-state index is 0.575. The molecule has 0 aromatic carbocycles. The third-order valence-corrected chi connectivity index (χ3v) is 3.36. The van der Waals surface area contributed by atoms with Crippen LogP contribution in [-0.2, 0) is 13.1 Å². The molecule has 7 nitrogen and oxygen atoms in total. The van der Waals surface area contributed by atoms with Gasteiger partial charge in [-0.15, -0.1) is 21.5 Å². The summed E-state index contributed by atoms with van der Waals surface area (Å²) in [6, 6.07) is 4.10. The van der Waals surface area contributed by atoms with Crippen LogP contribution >= 0.6 is 11.3 Å². The number of nitrogens with one attached hydrogen (secondary N) is 3. The second kappa shape index (κ2) is 5.07. The molecule has 3 heterocycles. The zero-order valence-electron chi connectivity index (χ0n) is 9.42. The molecule has 0 unspecified atom stereocenters. The molecule has 0 amide bonds. The second-order valence-electron chi connectivity index (χ2n) is 3.68. The number of thiophene rings is 1. The molecule has 18 heavy (non-hydrogen) atoms. The van der Waals surface area contributed by atoms with Gasteiger partial charge in [0.15, 0.2) is 5.82 Å². The smallest absolute Gasteiger partial charge is 0.188 e. The van der Waals surface area contributed by atoms with Gasteiger partial charge in [-0.25, -0.2) is 0 Å². The average Bonchev–Trinajstić information content (AvgIpc) is 3.12. The van der Waals surface area contributed by atoms with Gasteiger partial charge in [0.2, 0.25) is 0 Å². The van der Waals surface area contributed by atoms with E-state index in [0.29, 0.717) is 18.9 Å². The van der Waals surface area contributed by atoms with Crippen LogP contribution in [0.15, 0.2) is 23.7 Å². The highest BCUT2D eigenvalue weighted by Gasteiger charge is 2.08. The molecule has 0 saturated heterocycles. The molecule has 3 N–H and O–H groups in total. The largest absolute Gasteiger partial charge is 0.305 e. The van der Waals surface area contributed by atoms with Crippen molar-refractivity contribution in [2.75, 3.05) is 0 Å². The second-order valence-corrected chi connectivity index (χ2v) is 4.63. The highest BCUT2D eigenvalue weighted by atomic mass is 32.1. The maximum atomic E-state index is 4.09. The van der Waals surface area contributed by atoms with E-state index in [2.05, 4.69) is 42.2 Å². The van der Waals surface area contributed by atoms with Gasteiger partial charge >= 0.3 is 0 Å². The molecule has 92 valence electrons. The third kappa shape index (κ3) is 2.29. The number of nitrogens with zero attached hydrogens (tertiary/aromatic N) is 4. The van der Waals surface area contributed by atoms with Crippen molar-refractivity contribution in [2.45, 2.75) is 13.1 Å². The van der Waals surface area contributed by atoms with Crippen molar-refractivity contribution >= 4 is 11.3 Å². The van der Waals surface area contributed by atoms with Crippen molar-refractivity contribution in [1.82, 2.24) is 36.1 Å². The summed E-state index contributed by atoms with van der Waals surface area (Å²) in [6.07, 6.45) is 1.83. The Labute approximate surface area is 107 Å². The van der Waals surface area contributed by atoms with Gasteiger partial charge in [0.1, 0.15) is 0 Å². The van der Waals surface area contributed by atoms with Crippen molar-refractivity contribution < 1.29 is 0 Å². The lowest BCUT2D eigenvalue weighted by atomic mass is 10.2. The quantitative estimate of drug-likeness (QED) is 0.635. The third-order valence-electron chi connectivity index (χ3n) is 2.47. The van der Waals surface area contributed by atoms with Crippen LogP contribution in [0.5, 0.6) is 0 Å². The number of hydrogen-bond acceptors (Lipinski definition) is 6. The Hall–Kier alpha value is -2.06. The molecule has 0 radical (unpaired) electrons. The summed E-state index contributed by atoms with van der Waals surface area (Å²) < 4.78 is 0. The number of tetrazole rings is 1. The summed E-state index contributed by atoms with van der Waals surface area (Å²) in [7, 11) is 0. The first-order valence-corrected chi connectivity index (χ1v) is 6.30. The molecular formula is C10H11N7S. The van der Waals surface area contributed by atoms with E-state index in [9.17, 15) is 0 Å². The fraction of sp³-hybridized carbons (Fsp3) is 0.200. The first-order chi connectivity index (χ1) is 8.93. The molecule has 8 heteroatoms. The molecule has 3 aromatic heterocycles. The first-order valence-electron chi connectivity index (χ1n) is 5.42. The normalized spacial score (nSPS) is 10.9. The molecule has 0 aliphatic carbocycles. The van der Waals surface area contributed by atoms with Gasteiger partial charge in [-0.3, -0.25) is 5.10 Å². The van der Waals surface area contributed by atoms with Gasteiger partial charge < -0.3 is 5.32 Å². The van der Waals surface area contributed by atoms with Crippen LogP contribution in [0.1, 0.15) is 11.4 Å². The van der Waals surface area contributed by atoms with Crippen molar-refractivity contribution in [3.63, 3.8) is 0 Å². The van der Waals surface area contributed by atoms with Crippen LogP contribution in [0.3, 0.4) is 0 Å². The number of aromatic nitrogens is 6. The van der Waals surface area contributed by atoms with E-state index in [1.54, 1.807) is 11.3 Å². The van der Waals surface area contributed by atoms with Gasteiger partial charge in [-0.1, -0.05) is 11.3 Å². The number of H-pyrrole nitrogens is 2. The topological polar surface area (TPSA) is 95.2 Å². The van der Waals surface area contributed by atoms with E-state index in [-0.39, 0.29) is 0 Å². The summed E-state index contributed by atoms with van der Waals surface area (Å²) in [5.41, 5.74) is 2.19. The van der Waals surface area contributed by atoms with Crippen LogP contribution in [0, 0.1) is 0 Å². The summed E-state index contributed by atoms with van der Waals surface area (Å²) in [5.74, 6) is 0.649. The molecule has 3 rings (SSSR count). The molecule has 0 bridgehead atoms. The molecule has 0 fully saturated rings. The summed E-state index contributed by atoms with van der Waals surface area (Å²) in [4.78, 5) is 1.18.